The van der Waals surface area contributed by atoms with Gasteiger partial charge in [0.1, 0.15) is 16.7 Å². The fourth-order valence-electron chi connectivity index (χ4n) is 3.96. The molecule has 168 valence electrons. The third-order valence-corrected chi connectivity index (χ3v) is 6.74. The molecule has 6 aromatic rings. The second-order valence-corrected chi connectivity index (χ2v) is 8.93. The van der Waals surface area contributed by atoms with Crippen LogP contribution in [0, 0.1) is 0 Å². The molecule has 3 N–H and O–H groups in total. The first kappa shape index (κ1) is 20.4. The lowest BCUT2D eigenvalue weighted by molar-refractivity contribution is 0.102. The van der Waals surface area contributed by atoms with Crippen molar-refractivity contribution >= 4 is 39.2 Å². The summed E-state index contributed by atoms with van der Waals surface area (Å²) in [6, 6.07) is 9.31. The number of hydrogen-bond acceptors (Lipinski definition) is 8. The highest BCUT2D eigenvalue weighted by atomic mass is 32.1. The first-order valence-corrected chi connectivity index (χ1v) is 11.3. The second-order valence-electron chi connectivity index (χ2n) is 7.85. The number of H-pyrrole nitrogens is 2. The quantitative estimate of drug-likeness (QED) is 0.326. The normalized spacial score (nSPS) is 11.6. The van der Waals surface area contributed by atoms with Crippen LogP contribution in [0.25, 0.3) is 55.4 Å². The van der Waals surface area contributed by atoms with E-state index in [2.05, 4.69) is 25.3 Å². The van der Waals surface area contributed by atoms with E-state index in [0.717, 1.165) is 21.5 Å². The van der Waals surface area contributed by atoms with Crippen LogP contribution in [-0.4, -0.2) is 50.8 Å². The van der Waals surface area contributed by atoms with Crippen molar-refractivity contribution in [2.75, 3.05) is 0 Å². The SMILES string of the molecule is CC(=O)c1ccc(-c2nccc3[nH]c(-c4n[nH]c5ccc(-c6cn(C)nc6CO)nc45)nc23)s1. The fourth-order valence-corrected chi connectivity index (χ4v) is 4.86. The van der Waals surface area contributed by atoms with Gasteiger partial charge in [0.05, 0.1) is 38.8 Å². The van der Waals surface area contributed by atoms with Crippen LogP contribution in [0.3, 0.4) is 0 Å². The molecule has 0 aliphatic heterocycles. The molecule has 0 spiro atoms. The molecule has 0 unspecified atom stereocenters. The highest BCUT2D eigenvalue weighted by Gasteiger charge is 2.19. The van der Waals surface area contributed by atoms with Crippen LogP contribution in [0.2, 0.25) is 0 Å². The van der Waals surface area contributed by atoms with Gasteiger partial charge in [-0.15, -0.1) is 11.3 Å². The number of carbonyl (C=O) groups is 1. The number of aromatic nitrogens is 8. The number of imidazole rings is 1. The van der Waals surface area contributed by atoms with Crippen molar-refractivity contribution < 1.29 is 9.90 Å². The zero-order valence-corrected chi connectivity index (χ0v) is 19.0. The van der Waals surface area contributed by atoms with E-state index in [1.807, 2.05) is 36.5 Å². The van der Waals surface area contributed by atoms with Gasteiger partial charge in [0.25, 0.3) is 0 Å². The number of aliphatic hydroxyl groups is 1. The monoisotopic (exact) mass is 470 g/mol. The van der Waals surface area contributed by atoms with Gasteiger partial charge in [-0.1, -0.05) is 0 Å². The Labute approximate surface area is 196 Å². The lowest BCUT2D eigenvalue weighted by Gasteiger charge is -2.00. The van der Waals surface area contributed by atoms with E-state index in [9.17, 15) is 9.90 Å². The van der Waals surface area contributed by atoms with E-state index in [4.69, 9.17) is 9.97 Å². The zero-order valence-electron chi connectivity index (χ0n) is 18.2. The molecule has 6 heterocycles. The van der Waals surface area contributed by atoms with Crippen molar-refractivity contribution in [2.45, 2.75) is 13.5 Å². The van der Waals surface area contributed by atoms with E-state index < -0.39 is 0 Å². The van der Waals surface area contributed by atoms with Gasteiger partial charge in [-0.05, 0) is 37.3 Å². The summed E-state index contributed by atoms with van der Waals surface area (Å²) >= 11 is 1.39. The number of pyridine rings is 2. The topological polar surface area (TPSA) is 138 Å². The van der Waals surface area contributed by atoms with Crippen LogP contribution in [0.4, 0.5) is 0 Å². The molecule has 0 atom stereocenters. The van der Waals surface area contributed by atoms with Crippen molar-refractivity contribution in [1.29, 1.82) is 0 Å². The van der Waals surface area contributed by atoms with Gasteiger partial charge in [0.15, 0.2) is 17.3 Å². The molecule has 34 heavy (non-hydrogen) atoms. The van der Waals surface area contributed by atoms with Gasteiger partial charge in [-0.25, -0.2) is 9.97 Å². The maximum absolute atomic E-state index is 11.7. The van der Waals surface area contributed by atoms with Gasteiger partial charge < -0.3 is 10.1 Å². The number of nitrogens with one attached hydrogen (secondary N) is 2. The fraction of sp³-hybridized carbons (Fsp3) is 0.130. The Balaban J connectivity index is 1.48. The lowest BCUT2D eigenvalue weighted by Crippen LogP contribution is -1.92. The number of nitrogens with zero attached hydrogens (tertiary/aromatic N) is 6. The van der Waals surface area contributed by atoms with Crippen LogP contribution < -0.4 is 0 Å². The smallest absolute Gasteiger partial charge is 0.169 e. The Morgan fingerprint density at radius 3 is 2.74 bits per heavy atom. The number of fused-ring (bicyclic) bond motifs is 2. The zero-order chi connectivity index (χ0) is 23.4. The van der Waals surface area contributed by atoms with Gasteiger partial charge in [0, 0.05) is 25.0 Å². The minimum atomic E-state index is -0.179. The molecule has 11 heteroatoms. The maximum Gasteiger partial charge on any atom is 0.169 e. The van der Waals surface area contributed by atoms with E-state index in [0.29, 0.717) is 44.5 Å². The molecule has 0 aromatic carbocycles. The maximum atomic E-state index is 11.7. The molecule has 0 saturated heterocycles. The Morgan fingerprint density at radius 1 is 1.09 bits per heavy atom. The molecule has 0 radical (unpaired) electrons. The van der Waals surface area contributed by atoms with E-state index in [1.54, 1.807) is 24.9 Å². The molecule has 0 saturated carbocycles. The van der Waals surface area contributed by atoms with Gasteiger partial charge >= 0.3 is 0 Å². The average Bonchev–Trinajstić information content (AvgIpc) is 3.62. The molecule has 6 rings (SSSR count). The highest BCUT2D eigenvalue weighted by molar-refractivity contribution is 7.17. The molecule has 6 aromatic heterocycles. The number of Topliss-reactive ketones (excluding diaryl/α,β-unsaturated/α-hetero) is 1. The molecule has 0 amide bonds. The second kappa shape index (κ2) is 7.68. The molecular formula is C23H18N8O2S. The minimum Gasteiger partial charge on any atom is -0.390 e. The Kier molecular flexibility index (Phi) is 4.61. The van der Waals surface area contributed by atoms with Crippen LogP contribution in [0.1, 0.15) is 22.3 Å². The average molecular weight is 471 g/mol. The van der Waals surface area contributed by atoms with Crippen LogP contribution in [0.5, 0.6) is 0 Å². The first-order chi connectivity index (χ1) is 16.5. The highest BCUT2D eigenvalue weighted by Crippen LogP contribution is 2.34. The number of carbonyl (C=O) groups excluding carboxylic acids is 1. The summed E-state index contributed by atoms with van der Waals surface area (Å²) in [5, 5.41) is 21.4. The summed E-state index contributed by atoms with van der Waals surface area (Å²) in [7, 11) is 1.80. The molecule has 10 nitrogen and oxygen atoms in total. The number of hydrogen-bond donors (Lipinski definition) is 3. The van der Waals surface area contributed by atoms with Crippen molar-refractivity contribution in [3.63, 3.8) is 0 Å². The Bertz CT molecular complexity index is 1710. The number of aromatic amines is 2. The molecule has 0 aliphatic rings. The Morgan fingerprint density at radius 2 is 1.94 bits per heavy atom. The third kappa shape index (κ3) is 3.21. The van der Waals surface area contributed by atoms with Crippen molar-refractivity contribution in [1.82, 2.24) is 39.9 Å². The number of thiophene rings is 1. The predicted octanol–water partition coefficient (Wildman–Crippen LogP) is 3.72. The van der Waals surface area contributed by atoms with Crippen LogP contribution in [0.15, 0.2) is 42.7 Å². The molecule has 0 aliphatic carbocycles. The molecule has 0 fully saturated rings. The third-order valence-electron chi connectivity index (χ3n) is 5.55. The van der Waals surface area contributed by atoms with Crippen LogP contribution >= 0.6 is 11.3 Å². The summed E-state index contributed by atoms with van der Waals surface area (Å²) in [4.78, 5) is 30.7. The minimum absolute atomic E-state index is 0.0222. The van der Waals surface area contributed by atoms with E-state index in [-0.39, 0.29) is 12.4 Å². The van der Waals surface area contributed by atoms with Crippen molar-refractivity contribution in [3.05, 3.63) is 53.3 Å². The van der Waals surface area contributed by atoms with Crippen molar-refractivity contribution in [3.8, 4) is 33.3 Å². The number of aliphatic hydroxyl groups excluding tert-OH is 1. The summed E-state index contributed by atoms with van der Waals surface area (Å²) in [6.07, 6.45) is 3.54. The van der Waals surface area contributed by atoms with Crippen molar-refractivity contribution in [2.24, 2.45) is 7.05 Å². The summed E-state index contributed by atoms with van der Waals surface area (Å²) in [6.45, 7) is 1.37. The molecular weight excluding hydrogens is 452 g/mol. The van der Waals surface area contributed by atoms with E-state index >= 15 is 0 Å². The number of rotatable bonds is 5. The van der Waals surface area contributed by atoms with Crippen LogP contribution in [-0.2, 0) is 13.7 Å². The summed E-state index contributed by atoms with van der Waals surface area (Å²) in [5.41, 5.74) is 6.18. The lowest BCUT2D eigenvalue weighted by atomic mass is 10.1. The standard InChI is InChI=1S/C23H18N8O2S/c1-11(33)17-5-6-18(34-17)21-19-14(7-8-24-21)26-23(27-19)22-20-15(28-29-22)4-3-13(25-20)12-9-31(2)30-16(12)10-32/h3-9,32H,10H2,1-2H3,(H,26,27)(H,28,29). The first-order valence-electron chi connectivity index (χ1n) is 10.5. The summed E-state index contributed by atoms with van der Waals surface area (Å²) in [5.74, 6) is 0.575. The largest absolute Gasteiger partial charge is 0.390 e. The van der Waals surface area contributed by atoms with Gasteiger partial charge in [-0.3, -0.25) is 19.6 Å². The molecule has 0 bridgehead atoms. The predicted molar refractivity (Wildman–Crippen MR) is 128 cm³/mol. The van der Waals surface area contributed by atoms with E-state index in [1.165, 1.54) is 11.3 Å². The van der Waals surface area contributed by atoms with Gasteiger partial charge in [0.2, 0.25) is 0 Å². The number of ketones is 1. The number of aryl methyl sites for hydroxylation is 1. The van der Waals surface area contributed by atoms with Gasteiger partial charge in [-0.2, -0.15) is 10.2 Å². The summed E-state index contributed by atoms with van der Waals surface area (Å²) < 4.78 is 1.65. The Hall–Kier alpha value is -4.22.